The van der Waals surface area contributed by atoms with E-state index in [2.05, 4.69) is 16.6 Å². The average Bonchev–Trinajstić information content (AvgIpc) is 2.19. The number of hydrogen-bond acceptors (Lipinski definition) is 3. The summed E-state index contributed by atoms with van der Waals surface area (Å²) in [5, 5.41) is 9.75. The molecular weight excluding hydrogens is 204 g/mol. The highest BCUT2D eigenvalue weighted by Gasteiger charge is 1.98. The highest BCUT2D eigenvalue weighted by Crippen LogP contribution is 2.20. The van der Waals surface area contributed by atoms with Crippen LogP contribution in [0.2, 0.25) is 5.02 Å². The van der Waals surface area contributed by atoms with Gasteiger partial charge in [-0.1, -0.05) is 17.5 Å². The van der Waals surface area contributed by atoms with Crippen molar-refractivity contribution in [2.75, 3.05) is 7.11 Å². The van der Waals surface area contributed by atoms with Crippen molar-refractivity contribution in [1.29, 1.82) is 0 Å². The molecule has 0 spiro atoms. The number of halogens is 1. The normalized spacial score (nSPS) is 8.71. The molecule has 72 valence electrons. The van der Waals surface area contributed by atoms with E-state index in [1.54, 1.807) is 0 Å². The van der Waals surface area contributed by atoms with Gasteiger partial charge in [-0.25, -0.2) is 4.79 Å². The molecule has 0 saturated heterocycles. The van der Waals surface area contributed by atoms with Crippen LogP contribution >= 0.6 is 11.6 Å². The summed E-state index contributed by atoms with van der Waals surface area (Å²) in [6.45, 7) is 0. The van der Waals surface area contributed by atoms with Gasteiger partial charge in [-0.15, -0.1) is 0 Å². The number of benzene rings is 1. The zero-order chi connectivity index (χ0) is 10.6. The summed E-state index contributed by atoms with van der Waals surface area (Å²) in [5.74, 6) is 3.95. The minimum atomic E-state index is -0.663. The molecule has 4 heteroatoms. The van der Waals surface area contributed by atoms with Gasteiger partial charge in [0.1, 0.15) is 5.75 Å². The largest absolute Gasteiger partial charge is 0.507 e. The summed E-state index contributed by atoms with van der Waals surface area (Å²) in [6.07, 6.45) is 0. The number of ether oxygens (including phenoxy) is 1. The van der Waals surface area contributed by atoms with Crippen molar-refractivity contribution < 1.29 is 14.6 Å². The SMILES string of the molecule is COC(=O)C#Cc1cc(Cl)ccc1O. The number of carbonyl (C=O) groups is 1. The van der Waals surface area contributed by atoms with Crippen LogP contribution in [0.25, 0.3) is 0 Å². The van der Waals surface area contributed by atoms with E-state index >= 15 is 0 Å². The molecule has 1 aromatic carbocycles. The van der Waals surface area contributed by atoms with Crippen LogP contribution in [0.3, 0.4) is 0 Å². The molecule has 0 atom stereocenters. The molecule has 0 aliphatic rings. The summed E-state index contributed by atoms with van der Waals surface area (Å²) in [7, 11) is 1.23. The Balaban J connectivity index is 3.00. The molecular formula is C10H7ClO3. The van der Waals surface area contributed by atoms with Gasteiger partial charge >= 0.3 is 5.97 Å². The fourth-order valence-electron chi connectivity index (χ4n) is 0.778. The number of methoxy groups -OCH3 is 1. The molecule has 0 aromatic heterocycles. The Kier molecular flexibility index (Phi) is 3.38. The van der Waals surface area contributed by atoms with Gasteiger partial charge in [0.2, 0.25) is 0 Å². The van der Waals surface area contributed by atoms with Gasteiger partial charge in [0.15, 0.2) is 0 Å². The molecule has 1 N–H and O–H groups in total. The van der Waals surface area contributed by atoms with Crippen LogP contribution in [0.15, 0.2) is 18.2 Å². The first-order valence-electron chi connectivity index (χ1n) is 3.72. The highest BCUT2D eigenvalue weighted by molar-refractivity contribution is 6.30. The number of esters is 1. The van der Waals surface area contributed by atoms with E-state index < -0.39 is 5.97 Å². The van der Waals surface area contributed by atoms with Gasteiger partial charge in [0, 0.05) is 10.9 Å². The van der Waals surface area contributed by atoms with Crippen molar-refractivity contribution >= 4 is 17.6 Å². The van der Waals surface area contributed by atoms with Crippen LogP contribution in [-0.2, 0) is 9.53 Å². The molecule has 0 bridgehead atoms. The van der Waals surface area contributed by atoms with Crippen molar-refractivity contribution in [3.8, 4) is 17.6 Å². The molecule has 0 unspecified atom stereocenters. The van der Waals surface area contributed by atoms with E-state index in [1.807, 2.05) is 0 Å². The Morgan fingerprint density at radius 3 is 2.93 bits per heavy atom. The van der Waals surface area contributed by atoms with Gasteiger partial charge in [0.25, 0.3) is 0 Å². The predicted molar refractivity (Wildman–Crippen MR) is 52.0 cm³/mol. The Morgan fingerprint density at radius 1 is 1.57 bits per heavy atom. The quantitative estimate of drug-likeness (QED) is 0.522. The maximum absolute atomic E-state index is 10.7. The zero-order valence-electron chi connectivity index (χ0n) is 7.37. The van der Waals surface area contributed by atoms with Crippen molar-refractivity contribution in [2.24, 2.45) is 0 Å². The van der Waals surface area contributed by atoms with Crippen LogP contribution in [0.4, 0.5) is 0 Å². The lowest BCUT2D eigenvalue weighted by molar-refractivity contribution is -0.133. The van der Waals surface area contributed by atoms with Crippen molar-refractivity contribution in [3.63, 3.8) is 0 Å². The van der Waals surface area contributed by atoms with Crippen LogP contribution < -0.4 is 0 Å². The molecule has 0 fully saturated rings. The maximum atomic E-state index is 10.7. The van der Waals surface area contributed by atoms with Crippen LogP contribution in [0.1, 0.15) is 5.56 Å². The Bertz CT molecular complexity index is 415. The first-order valence-corrected chi connectivity index (χ1v) is 4.10. The molecule has 0 aliphatic heterocycles. The second-order valence-corrected chi connectivity index (χ2v) is 2.84. The summed E-state index contributed by atoms with van der Waals surface area (Å²) in [4.78, 5) is 10.7. The smallest absolute Gasteiger partial charge is 0.384 e. The monoisotopic (exact) mass is 210 g/mol. The first-order chi connectivity index (χ1) is 6.63. The van der Waals surface area contributed by atoms with Crippen LogP contribution in [-0.4, -0.2) is 18.2 Å². The van der Waals surface area contributed by atoms with Gasteiger partial charge in [-0.05, 0) is 18.2 Å². The van der Waals surface area contributed by atoms with E-state index in [4.69, 9.17) is 11.6 Å². The van der Waals surface area contributed by atoms with E-state index in [0.29, 0.717) is 10.6 Å². The molecule has 3 nitrogen and oxygen atoms in total. The molecule has 0 saturated carbocycles. The zero-order valence-corrected chi connectivity index (χ0v) is 8.13. The summed E-state index contributed by atoms with van der Waals surface area (Å²) in [5.41, 5.74) is 0.294. The lowest BCUT2D eigenvalue weighted by Gasteiger charge is -1.96. The van der Waals surface area contributed by atoms with Crippen LogP contribution in [0, 0.1) is 11.8 Å². The van der Waals surface area contributed by atoms with E-state index in [1.165, 1.54) is 25.3 Å². The number of carbonyl (C=O) groups excluding carboxylic acids is 1. The first kappa shape index (κ1) is 10.4. The fraction of sp³-hybridized carbons (Fsp3) is 0.100. The van der Waals surface area contributed by atoms with E-state index in [0.717, 1.165) is 0 Å². The Hall–Kier alpha value is -1.66. The Labute approximate surface area is 86.3 Å². The minimum Gasteiger partial charge on any atom is -0.507 e. The molecule has 0 radical (unpaired) electrons. The average molecular weight is 211 g/mol. The number of aromatic hydroxyl groups is 1. The van der Waals surface area contributed by atoms with Crippen molar-refractivity contribution in [3.05, 3.63) is 28.8 Å². The third-order valence-corrected chi connectivity index (χ3v) is 1.68. The lowest BCUT2D eigenvalue weighted by Crippen LogP contribution is -1.94. The van der Waals surface area contributed by atoms with E-state index in [-0.39, 0.29) is 5.75 Å². The molecule has 1 aromatic rings. The van der Waals surface area contributed by atoms with Gasteiger partial charge < -0.3 is 9.84 Å². The highest BCUT2D eigenvalue weighted by atomic mass is 35.5. The maximum Gasteiger partial charge on any atom is 0.384 e. The van der Waals surface area contributed by atoms with Gasteiger partial charge in [-0.2, -0.15) is 0 Å². The summed E-state index contributed by atoms with van der Waals surface area (Å²) >= 11 is 5.67. The molecule has 1 rings (SSSR count). The molecule has 14 heavy (non-hydrogen) atoms. The van der Waals surface area contributed by atoms with Crippen molar-refractivity contribution in [1.82, 2.24) is 0 Å². The molecule has 0 aliphatic carbocycles. The van der Waals surface area contributed by atoms with Crippen molar-refractivity contribution in [2.45, 2.75) is 0 Å². The summed E-state index contributed by atoms with van der Waals surface area (Å²) < 4.78 is 4.31. The number of hydrogen-bond donors (Lipinski definition) is 1. The number of phenolic OH excluding ortho intramolecular Hbond substituents is 1. The third kappa shape index (κ3) is 2.68. The Morgan fingerprint density at radius 2 is 2.29 bits per heavy atom. The number of rotatable bonds is 0. The third-order valence-electron chi connectivity index (χ3n) is 1.44. The van der Waals surface area contributed by atoms with Crippen LogP contribution in [0.5, 0.6) is 5.75 Å². The fourth-order valence-corrected chi connectivity index (χ4v) is 0.950. The summed E-state index contributed by atoms with van der Waals surface area (Å²) in [6, 6.07) is 4.40. The predicted octanol–water partition coefficient (Wildman–Crippen LogP) is 1.57. The standard InChI is InChI=1S/C10H7ClO3/c1-14-10(13)5-2-7-6-8(11)3-4-9(7)12/h3-4,6,12H,1H3. The van der Waals surface area contributed by atoms with Gasteiger partial charge in [0.05, 0.1) is 12.7 Å². The molecule has 0 heterocycles. The lowest BCUT2D eigenvalue weighted by atomic mass is 10.2. The molecule has 0 amide bonds. The second kappa shape index (κ2) is 4.54. The topological polar surface area (TPSA) is 46.5 Å². The minimum absolute atomic E-state index is 0.0224. The second-order valence-electron chi connectivity index (χ2n) is 2.40. The van der Waals surface area contributed by atoms with E-state index in [9.17, 15) is 9.90 Å². The van der Waals surface area contributed by atoms with Gasteiger partial charge in [-0.3, -0.25) is 0 Å². The number of phenols is 1.